The number of carbonyl (C=O) groups excluding carboxylic acids is 4. The first-order chi connectivity index (χ1) is 32.5. The molecule has 5 bridgehead atoms. The Labute approximate surface area is 416 Å². The molecule has 1 amide bonds. The van der Waals surface area contributed by atoms with Gasteiger partial charge >= 0.3 is 17.7 Å². The summed E-state index contributed by atoms with van der Waals surface area (Å²) in [4.78, 5) is 73.4. The maximum Gasteiger partial charge on any atom is 0.321 e. The number of ketones is 2. The number of hydrogen-bond donors (Lipinski definition) is 8. The van der Waals surface area contributed by atoms with Crippen molar-refractivity contribution in [3.63, 3.8) is 0 Å². The van der Waals surface area contributed by atoms with Crippen LogP contribution in [-0.4, -0.2) is 134 Å². The summed E-state index contributed by atoms with van der Waals surface area (Å²) in [5.74, 6) is -7.80. The first kappa shape index (κ1) is 55.9. The van der Waals surface area contributed by atoms with E-state index in [-0.39, 0.29) is 50.7 Å². The number of methoxy groups -OCH3 is 1. The van der Waals surface area contributed by atoms with E-state index >= 15 is 0 Å². The fourth-order valence-electron chi connectivity index (χ4n) is 9.58. The number of rotatable bonds is 6. The molecule has 18 nitrogen and oxygen atoms in total. The topological polar surface area (TPSA) is 269 Å². The highest BCUT2D eigenvalue weighted by Crippen LogP contribution is 2.50. The first-order valence-corrected chi connectivity index (χ1v) is 24.3. The van der Waals surface area contributed by atoms with Crippen molar-refractivity contribution < 1.29 is 63.3 Å². The predicted octanol–water partition coefficient (Wildman–Crippen LogP) is 4.72. The van der Waals surface area contributed by atoms with Crippen molar-refractivity contribution in [1.29, 1.82) is 0 Å². The van der Waals surface area contributed by atoms with E-state index in [9.17, 15) is 39.3 Å². The Balaban J connectivity index is 0.000000921. The Morgan fingerprint density at radius 1 is 1.00 bits per heavy atom. The number of nitrogens with zero attached hydrogens (tertiary/aromatic N) is 2. The number of fused-ring (bicyclic) bond motifs is 3. The summed E-state index contributed by atoms with van der Waals surface area (Å²) in [6, 6.07) is -0.902. The van der Waals surface area contributed by atoms with Crippen molar-refractivity contribution in [2.45, 2.75) is 143 Å². The number of aliphatic hydroxyl groups is 2. The van der Waals surface area contributed by atoms with Gasteiger partial charge in [-0.2, -0.15) is 12.6 Å². The van der Waals surface area contributed by atoms with Gasteiger partial charge in [0, 0.05) is 98.6 Å². The summed E-state index contributed by atoms with van der Waals surface area (Å²) in [5, 5.41) is 49.4. The van der Waals surface area contributed by atoms with Gasteiger partial charge in [-0.3, -0.25) is 29.0 Å². The number of carboxylic acids is 1. The summed E-state index contributed by atoms with van der Waals surface area (Å²) < 4.78 is 23.3. The SMILES string of the molecule is CC(C)(S)[C@@H](N)C(=O)O.CO[C@H]1/C=C/O[C@@]2(C)Oc3c(C)c(O)c4c(c3C2=O)C2=NC3(CCN(CC(C)C)CC3)NC2=C(NC(=O)/C(C)=C\C=C\[C@H](C)[C@H](O)[C@@H](C)[C@@H](O)[C@@H](C)[C@H](OC(C)=O)[C@@H]1C)C4=O. The number of piperidine rings is 1. The van der Waals surface area contributed by atoms with Crippen molar-refractivity contribution in [2.75, 3.05) is 26.7 Å². The van der Waals surface area contributed by atoms with Gasteiger partial charge in [-0.05, 0) is 39.7 Å². The average molecular weight is 996 g/mol. The zero-order valence-corrected chi connectivity index (χ0v) is 43.5. The number of hydrogen-bond acceptors (Lipinski definition) is 17. The normalized spacial score (nSPS) is 31.4. The lowest BCUT2D eigenvalue weighted by Crippen LogP contribution is -2.50. The van der Waals surface area contributed by atoms with Crippen LogP contribution in [0.4, 0.5) is 0 Å². The monoisotopic (exact) mass is 995 g/mol. The van der Waals surface area contributed by atoms with Crippen LogP contribution in [0, 0.1) is 36.5 Å². The Bertz CT molecular complexity index is 2380. The van der Waals surface area contributed by atoms with Crippen molar-refractivity contribution in [3.8, 4) is 11.5 Å². The Morgan fingerprint density at radius 2 is 1.63 bits per heavy atom. The minimum absolute atomic E-state index is 0.0164. The van der Waals surface area contributed by atoms with Gasteiger partial charge < -0.3 is 60.6 Å². The summed E-state index contributed by atoms with van der Waals surface area (Å²) in [7, 11) is 1.46. The third-order valence-corrected chi connectivity index (χ3v) is 14.3. The number of allylic oxidation sites excluding steroid dienone is 4. The number of aromatic hydroxyl groups is 1. The molecule has 1 aromatic carbocycles. The molecule has 70 heavy (non-hydrogen) atoms. The smallest absolute Gasteiger partial charge is 0.321 e. The summed E-state index contributed by atoms with van der Waals surface area (Å²) in [6.45, 7) is 22.8. The van der Waals surface area contributed by atoms with Crippen LogP contribution in [0.25, 0.3) is 0 Å². The van der Waals surface area contributed by atoms with Gasteiger partial charge in [0.15, 0.2) is 0 Å². The Morgan fingerprint density at radius 3 is 2.17 bits per heavy atom. The number of nitrogens with one attached hydrogen (secondary N) is 2. The number of aliphatic imine (C=N–C) groups is 1. The third-order valence-electron chi connectivity index (χ3n) is 14.0. The van der Waals surface area contributed by atoms with Crippen molar-refractivity contribution in [1.82, 2.24) is 15.5 Å². The third kappa shape index (κ3) is 11.5. The van der Waals surface area contributed by atoms with Crippen LogP contribution < -0.4 is 21.1 Å². The van der Waals surface area contributed by atoms with Gasteiger partial charge in [0.1, 0.15) is 35.0 Å². The van der Waals surface area contributed by atoms with Gasteiger partial charge in [0.05, 0.1) is 47.1 Å². The number of phenols is 1. The molecule has 386 valence electrons. The predicted molar refractivity (Wildman–Crippen MR) is 265 cm³/mol. The van der Waals surface area contributed by atoms with E-state index in [4.69, 9.17) is 34.8 Å². The molecule has 5 aliphatic rings. The fraction of sp³-hybridized carbons (Fsp3) is 0.608. The molecule has 1 saturated heterocycles. The van der Waals surface area contributed by atoms with E-state index in [0.29, 0.717) is 18.8 Å². The van der Waals surface area contributed by atoms with Crippen molar-refractivity contribution in [3.05, 3.63) is 69.8 Å². The molecular formula is C51H73N5O13S. The number of likely N-dealkylation sites (tertiary alicyclic amines) is 1. The Kier molecular flexibility index (Phi) is 17.4. The number of amides is 1. The van der Waals surface area contributed by atoms with Gasteiger partial charge in [0.2, 0.25) is 5.78 Å². The number of carboxylic acid groups (broad SMARTS) is 1. The largest absolute Gasteiger partial charge is 0.507 e. The van der Waals surface area contributed by atoms with E-state index in [1.54, 1.807) is 72.8 Å². The van der Waals surface area contributed by atoms with E-state index in [2.05, 4.69) is 42.0 Å². The number of aliphatic carboxylic acids is 1. The van der Waals surface area contributed by atoms with E-state index in [1.165, 1.54) is 34.1 Å². The van der Waals surface area contributed by atoms with Crippen LogP contribution in [0.1, 0.15) is 121 Å². The maximum absolute atomic E-state index is 14.7. The highest BCUT2D eigenvalue weighted by atomic mass is 32.1. The number of benzene rings is 1. The zero-order valence-electron chi connectivity index (χ0n) is 42.6. The molecule has 1 aromatic rings. The molecule has 0 aromatic heterocycles. The van der Waals surface area contributed by atoms with Crippen LogP contribution in [0.15, 0.2) is 52.5 Å². The van der Waals surface area contributed by atoms with Crippen LogP contribution in [0.5, 0.6) is 11.5 Å². The molecule has 8 N–H and O–H groups in total. The maximum atomic E-state index is 14.7. The lowest BCUT2D eigenvalue weighted by atomic mass is 9.78. The number of thiol groups is 1. The molecule has 0 unspecified atom stereocenters. The summed E-state index contributed by atoms with van der Waals surface area (Å²) >= 11 is 3.98. The van der Waals surface area contributed by atoms with Gasteiger partial charge in [-0.15, -0.1) is 0 Å². The molecule has 1 aliphatic carbocycles. The number of carbonyl (C=O) groups is 5. The quantitative estimate of drug-likeness (QED) is 0.142. The lowest BCUT2D eigenvalue weighted by Gasteiger charge is -2.38. The molecule has 0 saturated carbocycles. The van der Waals surface area contributed by atoms with E-state index < -0.39 is 105 Å². The van der Waals surface area contributed by atoms with Gasteiger partial charge in [-0.25, -0.2) is 0 Å². The number of phenolic OH excluding ortho intramolecular Hbond substituents is 1. The van der Waals surface area contributed by atoms with Gasteiger partial charge in [0.25, 0.3) is 11.7 Å². The highest BCUT2D eigenvalue weighted by Gasteiger charge is 2.54. The molecule has 6 rings (SSSR count). The van der Waals surface area contributed by atoms with E-state index in [0.717, 1.165) is 19.6 Å². The standard InChI is InChI=1S/C46H62N4O11.C5H11NO2S/c1-22(2)21-50-18-16-46(17-19-50)48-34-31-32-39(54)28(8)42-33(31)43(56)45(10,61-42)59-20-15-30(58-11)25(5)41(60-29(9)51)27(7)38(53)26(6)37(52)23(3)13-12-14-24(4)44(57)47-36(40(32)55)35(34)49-46;1-5(2,9)3(6)4(7)8/h12-15,20,22-23,25-27,30,37-38,41,49,52-54H,16-19,21H2,1-11H3,(H,47,57);3,9H,6H2,1-2H3,(H,7,8)/b13-12+,20-15+,24-14-;/t23-,25+,26+,27+,30-,37-,38+,41+,45-;3-/m00/s1. The van der Waals surface area contributed by atoms with Crippen molar-refractivity contribution >= 4 is 47.8 Å². The molecule has 1 spiro atoms. The summed E-state index contributed by atoms with van der Waals surface area (Å²) in [5.41, 5.74) is 5.03. The van der Waals surface area contributed by atoms with E-state index in [1.807, 2.05) is 0 Å². The van der Waals surface area contributed by atoms with Crippen LogP contribution in [0.3, 0.4) is 0 Å². The molecule has 19 heteroatoms. The lowest BCUT2D eigenvalue weighted by molar-refractivity contribution is -0.160. The number of esters is 1. The molecule has 0 radical (unpaired) electrons. The highest BCUT2D eigenvalue weighted by molar-refractivity contribution is 7.81. The number of Topliss-reactive ketones (excluding diaryl/α,β-unsaturated/α-hetero) is 2. The second-order valence-electron chi connectivity index (χ2n) is 20.5. The molecule has 4 aliphatic heterocycles. The minimum atomic E-state index is -1.97. The van der Waals surface area contributed by atoms with Crippen LogP contribution in [0.2, 0.25) is 0 Å². The number of ether oxygens (including phenoxy) is 4. The average Bonchev–Trinajstić information content (AvgIpc) is 3.79. The molecular weight excluding hydrogens is 923 g/mol. The molecule has 1 fully saturated rings. The second-order valence-corrected chi connectivity index (χ2v) is 21.6. The number of nitrogens with two attached hydrogens (primary N) is 1. The van der Waals surface area contributed by atoms with Crippen molar-refractivity contribution in [2.24, 2.45) is 40.3 Å². The molecule has 4 heterocycles. The molecule has 10 atom stereocenters. The zero-order chi connectivity index (χ0) is 52.5. The Hall–Kier alpha value is -5.05. The summed E-state index contributed by atoms with van der Waals surface area (Å²) in [6.07, 6.45) is 5.06. The van der Waals surface area contributed by atoms with Crippen LogP contribution >= 0.6 is 12.6 Å². The second kappa shape index (κ2) is 21.7. The number of aliphatic hydroxyl groups excluding tert-OH is 2. The van der Waals surface area contributed by atoms with Gasteiger partial charge in [-0.1, -0.05) is 59.8 Å². The first-order valence-electron chi connectivity index (χ1n) is 23.8. The minimum Gasteiger partial charge on any atom is -0.507 e. The van der Waals surface area contributed by atoms with Crippen LogP contribution in [-0.2, 0) is 28.6 Å². The fourth-order valence-corrected chi connectivity index (χ4v) is 9.69.